The lowest BCUT2D eigenvalue weighted by molar-refractivity contribution is -0.137. The topological polar surface area (TPSA) is 75.3 Å². The summed E-state index contributed by atoms with van der Waals surface area (Å²) >= 11 is 1.63. The third kappa shape index (κ3) is 3.73. The van der Waals surface area contributed by atoms with E-state index in [1.54, 1.807) is 17.7 Å². The number of amides is 1. The van der Waals surface area contributed by atoms with Crippen molar-refractivity contribution in [2.75, 3.05) is 31.1 Å². The number of fused-ring (bicyclic) bond motifs is 1. The van der Waals surface area contributed by atoms with Gasteiger partial charge in [0.05, 0.1) is 11.3 Å². The summed E-state index contributed by atoms with van der Waals surface area (Å²) < 4.78 is 0. The van der Waals surface area contributed by atoms with Crippen molar-refractivity contribution >= 4 is 45.7 Å². The molecule has 2 N–H and O–H groups in total. The van der Waals surface area contributed by atoms with Crippen LogP contribution in [0.15, 0.2) is 17.8 Å². The highest BCUT2D eigenvalue weighted by Crippen LogP contribution is 2.30. The highest BCUT2D eigenvalue weighted by atomic mass is 35.5. The Morgan fingerprint density at radius 1 is 1.20 bits per heavy atom. The van der Waals surface area contributed by atoms with Crippen LogP contribution in [0, 0.1) is 5.92 Å². The molecular formula is C17H24ClN5OS. The number of carbonyl (C=O) groups is 1. The van der Waals surface area contributed by atoms with Gasteiger partial charge in [0.1, 0.15) is 17.0 Å². The third-order valence-electron chi connectivity index (χ3n) is 5.08. The summed E-state index contributed by atoms with van der Waals surface area (Å²) in [4.78, 5) is 27.0. The van der Waals surface area contributed by atoms with Crippen LogP contribution in [0.4, 0.5) is 5.82 Å². The smallest absolute Gasteiger partial charge is 0.227 e. The molecule has 2 aromatic heterocycles. The van der Waals surface area contributed by atoms with Crippen LogP contribution in [0.3, 0.4) is 0 Å². The number of hydrogen-bond acceptors (Lipinski definition) is 6. The number of halogens is 1. The Labute approximate surface area is 157 Å². The minimum Gasteiger partial charge on any atom is -0.355 e. The Bertz CT molecular complexity index is 739. The van der Waals surface area contributed by atoms with Crippen molar-refractivity contribution < 1.29 is 4.79 Å². The normalized spacial score (nSPS) is 24.2. The first-order valence-corrected chi connectivity index (χ1v) is 9.58. The summed E-state index contributed by atoms with van der Waals surface area (Å²) in [6, 6.07) is 2.21. The highest BCUT2D eigenvalue weighted by Gasteiger charge is 2.32. The molecule has 8 heteroatoms. The predicted octanol–water partition coefficient (Wildman–Crippen LogP) is 2.28. The van der Waals surface area contributed by atoms with Crippen molar-refractivity contribution in [3.8, 4) is 0 Å². The maximum absolute atomic E-state index is 12.9. The Kier molecular flexibility index (Phi) is 5.76. The molecule has 0 spiro atoms. The molecule has 2 saturated heterocycles. The van der Waals surface area contributed by atoms with E-state index in [1.807, 2.05) is 10.3 Å². The SMILES string of the molecule is Cl.NC1CCCN(C(=O)C2CCCN(c3ncnc4sccc34)C2)C1. The van der Waals surface area contributed by atoms with Gasteiger partial charge in [-0.15, -0.1) is 23.7 Å². The van der Waals surface area contributed by atoms with Crippen LogP contribution >= 0.6 is 23.7 Å². The average Bonchev–Trinajstić information content (AvgIpc) is 3.10. The van der Waals surface area contributed by atoms with E-state index >= 15 is 0 Å². The van der Waals surface area contributed by atoms with E-state index < -0.39 is 0 Å². The fraction of sp³-hybridized carbons (Fsp3) is 0.588. The second-order valence-electron chi connectivity index (χ2n) is 6.81. The molecule has 4 heterocycles. The summed E-state index contributed by atoms with van der Waals surface area (Å²) in [6.07, 6.45) is 5.65. The van der Waals surface area contributed by atoms with Crippen molar-refractivity contribution in [1.29, 1.82) is 0 Å². The molecule has 4 rings (SSSR count). The molecule has 0 radical (unpaired) electrons. The van der Waals surface area contributed by atoms with Crippen LogP contribution in [0.2, 0.25) is 0 Å². The maximum Gasteiger partial charge on any atom is 0.227 e. The molecule has 2 atom stereocenters. The van der Waals surface area contributed by atoms with Gasteiger partial charge < -0.3 is 15.5 Å². The number of likely N-dealkylation sites (tertiary alicyclic amines) is 1. The molecule has 0 aromatic carbocycles. The summed E-state index contributed by atoms with van der Waals surface area (Å²) in [6.45, 7) is 3.25. The summed E-state index contributed by atoms with van der Waals surface area (Å²) in [5.41, 5.74) is 6.04. The fourth-order valence-electron chi connectivity index (χ4n) is 3.87. The third-order valence-corrected chi connectivity index (χ3v) is 5.90. The van der Waals surface area contributed by atoms with Crippen LogP contribution in [-0.2, 0) is 4.79 Å². The average molecular weight is 382 g/mol. The summed E-state index contributed by atoms with van der Waals surface area (Å²) in [5, 5.41) is 3.14. The van der Waals surface area contributed by atoms with Crippen LogP contribution in [-0.4, -0.2) is 53.0 Å². The van der Waals surface area contributed by atoms with Gasteiger partial charge in [0, 0.05) is 32.2 Å². The molecular weight excluding hydrogens is 358 g/mol. The monoisotopic (exact) mass is 381 g/mol. The first-order valence-electron chi connectivity index (χ1n) is 8.70. The molecule has 2 aromatic rings. The second kappa shape index (κ2) is 7.85. The van der Waals surface area contributed by atoms with E-state index in [1.165, 1.54) is 0 Å². The minimum absolute atomic E-state index is 0. The van der Waals surface area contributed by atoms with Gasteiger partial charge in [-0.25, -0.2) is 9.97 Å². The fourth-order valence-corrected chi connectivity index (χ4v) is 4.60. The van der Waals surface area contributed by atoms with Crippen LogP contribution in [0.1, 0.15) is 25.7 Å². The molecule has 0 aliphatic carbocycles. The van der Waals surface area contributed by atoms with E-state index in [-0.39, 0.29) is 30.3 Å². The van der Waals surface area contributed by atoms with Gasteiger partial charge in [-0.1, -0.05) is 0 Å². The number of nitrogens with zero attached hydrogens (tertiary/aromatic N) is 4. The van der Waals surface area contributed by atoms with Crippen molar-refractivity contribution in [1.82, 2.24) is 14.9 Å². The zero-order valence-corrected chi connectivity index (χ0v) is 15.8. The van der Waals surface area contributed by atoms with Crippen molar-refractivity contribution in [3.05, 3.63) is 17.8 Å². The molecule has 25 heavy (non-hydrogen) atoms. The molecule has 1 amide bonds. The Hall–Kier alpha value is -1.44. The molecule has 136 valence electrons. The van der Waals surface area contributed by atoms with Crippen LogP contribution < -0.4 is 10.6 Å². The zero-order valence-electron chi connectivity index (χ0n) is 14.1. The lowest BCUT2D eigenvalue weighted by atomic mass is 9.95. The van der Waals surface area contributed by atoms with Crippen molar-refractivity contribution in [2.45, 2.75) is 31.7 Å². The van der Waals surface area contributed by atoms with E-state index in [9.17, 15) is 4.79 Å². The van der Waals surface area contributed by atoms with E-state index in [2.05, 4.69) is 20.9 Å². The number of aromatic nitrogens is 2. The van der Waals surface area contributed by atoms with Crippen LogP contribution in [0.5, 0.6) is 0 Å². The van der Waals surface area contributed by atoms with E-state index in [4.69, 9.17) is 5.73 Å². The van der Waals surface area contributed by atoms with Gasteiger partial charge >= 0.3 is 0 Å². The standard InChI is InChI=1S/C17H23N5OS.ClH/c18-13-4-2-7-22(10-13)17(23)12-3-1-6-21(9-12)15-14-5-8-24-16(14)20-11-19-15;/h5,8,11-13H,1-4,6-7,9-10,18H2;1H. The van der Waals surface area contributed by atoms with Gasteiger partial charge in [0.15, 0.2) is 0 Å². The molecule has 2 fully saturated rings. The van der Waals surface area contributed by atoms with Crippen molar-refractivity contribution in [2.24, 2.45) is 11.7 Å². The molecule has 2 aliphatic heterocycles. The Balaban J connectivity index is 0.00000182. The van der Waals surface area contributed by atoms with Gasteiger partial charge in [0.2, 0.25) is 5.91 Å². The molecule has 0 saturated carbocycles. The number of carbonyl (C=O) groups excluding carboxylic acids is 1. The first-order chi connectivity index (χ1) is 11.7. The highest BCUT2D eigenvalue weighted by molar-refractivity contribution is 7.16. The number of thiophene rings is 1. The Morgan fingerprint density at radius 3 is 2.88 bits per heavy atom. The predicted molar refractivity (Wildman–Crippen MR) is 103 cm³/mol. The molecule has 0 bridgehead atoms. The number of anilines is 1. The minimum atomic E-state index is 0. The van der Waals surface area contributed by atoms with E-state index in [0.717, 1.165) is 61.4 Å². The second-order valence-corrected chi connectivity index (χ2v) is 7.70. The van der Waals surface area contributed by atoms with Crippen molar-refractivity contribution in [3.63, 3.8) is 0 Å². The maximum atomic E-state index is 12.9. The Morgan fingerprint density at radius 2 is 2.04 bits per heavy atom. The number of nitrogens with two attached hydrogens (primary N) is 1. The lowest BCUT2D eigenvalue weighted by Gasteiger charge is -2.38. The first kappa shape index (κ1) is 18.4. The zero-order chi connectivity index (χ0) is 16.5. The molecule has 2 aliphatic rings. The van der Waals surface area contributed by atoms with E-state index in [0.29, 0.717) is 6.54 Å². The van der Waals surface area contributed by atoms with Gasteiger partial charge in [-0.2, -0.15) is 0 Å². The summed E-state index contributed by atoms with van der Waals surface area (Å²) in [7, 11) is 0. The van der Waals surface area contributed by atoms with Gasteiger partial charge in [-0.3, -0.25) is 4.79 Å². The number of piperidine rings is 2. The quantitative estimate of drug-likeness (QED) is 0.863. The number of hydrogen-bond donors (Lipinski definition) is 1. The molecule has 6 nitrogen and oxygen atoms in total. The van der Waals surface area contributed by atoms with Crippen LogP contribution in [0.25, 0.3) is 10.2 Å². The van der Waals surface area contributed by atoms with Gasteiger partial charge in [-0.05, 0) is 37.1 Å². The lowest BCUT2D eigenvalue weighted by Crippen LogP contribution is -2.50. The molecule has 2 unspecified atom stereocenters. The largest absolute Gasteiger partial charge is 0.355 e. The number of rotatable bonds is 2. The summed E-state index contributed by atoms with van der Waals surface area (Å²) in [5.74, 6) is 1.28. The van der Waals surface area contributed by atoms with Gasteiger partial charge in [0.25, 0.3) is 0 Å².